The zero-order valence-corrected chi connectivity index (χ0v) is 13.7. The average molecular weight is 326 g/mol. The van der Waals surface area contributed by atoms with Gasteiger partial charge in [-0.3, -0.25) is 9.59 Å². The molecule has 5 nitrogen and oxygen atoms in total. The van der Waals surface area contributed by atoms with Crippen molar-refractivity contribution < 1.29 is 14.3 Å². The van der Waals surface area contributed by atoms with Crippen molar-refractivity contribution in [3.8, 4) is 5.75 Å². The Bertz CT molecular complexity index is 654. The average Bonchev–Trinajstić information content (AvgIpc) is 2.57. The van der Waals surface area contributed by atoms with Crippen LogP contribution in [-0.4, -0.2) is 25.0 Å². The zero-order valence-electron chi connectivity index (χ0n) is 13.7. The van der Waals surface area contributed by atoms with E-state index in [4.69, 9.17) is 4.74 Å². The van der Waals surface area contributed by atoms with E-state index < -0.39 is 0 Å². The summed E-state index contributed by atoms with van der Waals surface area (Å²) in [5.41, 5.74) is 1.63. The molecule has 2 aromatic carbocycles. The van der Waals surface area contributed by atoms with Gasteiger partial charge >= 0.3 is 0 Å². The normalized spacial score (nSPS) is 10.0. The zero-order chi connectivity index (χ0) is 17.2. The van der Waals surface area contributed by atoms with Gasteiger partial charge in [0.25, 0.3) is 0 Å². The number of benzene rings is 2. The van der Waals surface area contributed by atoms with Crippen molar-refractivity contribution in [1.29, 1.82) is 0 Å². The summed E-state index contributed by atoms with van der Waals surface area (Å²) in [6.07, 6.45) is 1.07. The van der Waals surface area contributed by atoms with Crippen molar-refractivity contribution in [2.24, 2.45) is 0 Å². The number of hydrogen-bond acceptors (Lipinski definition) is 3. The molecule has 0 saturated carbocycles. The molecular formula is C19H22N2O3. The summed E-state index contributed by atoms with van der Waals surface area (Å²) < 4.78 is 5.57. The summed E-state index contributed by atoms with van der Waals surface area (Å²) in [5.74, 6) is 0.697. The number of ether oxygens (including phenoxy) is 1. The highest BCUT2D eigenvalue weighted by Crippen LogP contribution is 2.10. The highest BCUT2D eigenvalue weighted by atomic mass is 16.5. The molecule has 0 radical (unpaired) electrons. The fourth-order valence-electron chi connectivity index (χ4n) is 2.16. The lowest BCUT2D eigenvalue weighted by Crippen LogP contribution is -2.27. The van der Waals surface area contributed by atoms with Crippen LogP contribution in [0.1, 0.15) is 18.9 Å². The molecule has 2 rings (SSSR count). The molecule has 2 N–H and O–H groups in total. The Hall–Kier alpha value is -2.82. The number of amides is 2. The second-order valence-electron chi connectivity index (χ2n) is 5.42. The molecule has 0 atom stereocenters. The van der Waals surface area contributed by atoms with E-state index >= 15 is 0 Å². The number of para-hydroxylation sites is 1. The number of nitrogens with one attached hydrogen (secondary N) is 2. The van der Waals surface area contributed by atoms with Gasteiger partial charge in [-0.15, -0.1) is 0 Å². The Morgan fingerprint density at radius 1 is 1.00 bits per heavy atom. The Balaban J connectivity index is 1.63. The van der Waals surface area contributed by atoms with Gasteiger partial charge in [0.1, 0.15) is 5.75 Å². The summed E-state index contributed by atoms with van der Waals surface area (Å²) in [4.78, 5) is 22.8. The summed E-state index contributed by atoms with van der Waals surface area (Å²) >= 11 is 0. The van der Waals surface area contributed by atoms with Gasteiger partial charge in [0.15, 0.2) is 0 Å². The van der Waals surface area contributed by atoms with Crippen molar-refractivity contribution in [2.75, 3.05) is 18.5 Å². The molecule has 0 bridgehead atoms. The van der Waals surface area contributed by atoms with Crippen molar-refractivity contribution >= 4 is 17.5 Å². The molecule has 5 heteroatoms. The molecule has 0 fully saturated rings. The minimum atomic E-state index is -0.113. The molecule has 0 aliphatic rings. The first kappa shape index (κ1) is 17.5. The minimum absolute atomic E-state index is 0.0259. The third-order valence-electron chi connectivity index (χ3n) is 3.29. The molecule has 0 aliphatic carbocycles. The fraction of sp³-hybridized carbons (Fsp3) is 0.263. The largest absolute Gasteiger partial charge is 0.494 e. The molecule has 0 heterocycles. The minimum Gasteiger partial charge on any atom is -0.494 e. The Kier molecular flexibility index (Phi) is 6.83. The van der Waals surface area contributed by atoms with Gasteiger partial charge < -0.3 is 15.4 Å². The third kappa shape index (κ3) is 6.52. The predicted octanol–water partition coefficient (Wildman–Crippen LogP) is 2.77. The van der Waals surface area contributed by atoms with Crippen molar-refractivity contribution in [2.45, 2.75) is 19.8 Å². The van der Waals surface area contributed by atoms with Crippen LogP contribution >= 0.6 is 0 Å². The lowest BCUT2D eigenvalue weighted by Gasteiger charge is -2.08. The van der Waals surface area contributed by atoms with Crippen molar-refractivity contribution in [3.63, 3.8) is 0 Å². The highest BCUT2D eigenvalue weighted by molar-refractivity contribution is 5.88. The smallest absolute Gasteiger partial charge is 0.224 e. The number of carbonyl (C=O) groups excluding carboxylic acids is 2. The first-order chi connectivity index (χ1) is 11.6. The van der Waals surface area contributed by atoms with Crippen LogP contribution in [0.15, 0.2) is 54.6 Å². The van der Waals surface area contributed by atoms with Crippen LogP contribution in [0.3, 0.4) is 0 Å². The second-order valence-corrected chi connectivity index (χ2v) is 5.42. The highest BCUT2D eigenvalue weighted by Gasteiger charge is 2.03. The van der Waals surface area contributed by atoms with Gasteiger partial charge in [-0.25, -0.2) is 0 Å². The van der Waals surface area contributed by atoms with E-state index in [-0.39, 0.29) is 11.8 Å². The quantitative estimate of drug-likeness (QED) is 0.733. The Morgan fingerprint density at radius 3 is 2.38 bits per heavy atom. The van der Waals surface area contributed by atoms with Crippen LogP contribution in [0.25, 0.3) is 0 Å². The molecule has 0 saturated heterocycles. The van der Waals surface area contributed by atoms with Gasteiger partial charge in [0.05, 0.1) is 13.0 Å². The van der Waals surface area contributed by atoms with Crippen LogP contribution in [0.2, 0.25) is 0 Å². The van der Waals surface area contributed by atoms with Crippen molar-refractivity contribution in [1.82, 2.24) is 5.32 Å². The first-order valence-electron chi connectivity index (χ1n) is 7.94. The van der Waals surface area contributed by atoms with Crippen LogP contribution in [0.4, 0.5) is 5.69 Å². The maximum atomic E-state index is 11.9. The number of hydrogen-bond donors (Lipinski definition) is 2. The lowest BCUT2D eigenvalue weighted by molar-refractivity contribution is -0.120. The summed E-state index contributed by atoms with van der Waals surface area (Å²) in [7, 11) is 0. The van der Waals surface area contributed by atoms with E-state index in [0.717, 1.165) is 23.4 Å². The molecule has 0 spiro atoms. The first-order valence-corrected chi connectivity index (χ1v) is 7.94. The van der Waals surface area contributed by atoms with Gasteiger partial charge in [-0.1, -0.05) is 30.3 Å². The number of rotatable bonds is 8. The van der Waals surface area contributed by atoms with E-state index in [9.17, 15) is 9.59 Å². The molecule has 2 amide bonds. The molecule has 0 aliphatic heterocycles. The SMILES string of the molecule is CC(=O)Nc1ccc(CC(=O)NCCCOc2ccccc2)cc1. The third-order valence-corrected chi connectivity index (χ3v) is 3.29. The standard InChI is InChI=1S/C19H22N2O3/c1-15(22)21-17-10-8-16(9-11-17)14-19(23)20-12-5-13-24-18-6-3-2-4-7-18/h2-4,6-11H,5,12-14H2,1H3,(H,20,23)(H,21,22). The van der Waals surface area contributed by atoms with Crippen LogP contribution in [-0.2, 0) is 16.0 Å². The van der Waals surface area contributed by atoms with E-state index in [0.29, 0.717) is 19.6 Å². The fourth-order valence-corrected chi connectivity index (χ4v) is 2.16. The molecule has 126 valence electrons. The maximum Gasteiger partial charge on any atom is 0.224 e. The Morgan fingerprint density at radius 2 is 1.71 bits per heavy atom. The predicted molar refractivity (Wildman–Crippen MR) is 94.0 cm³/mol. The molecular weight excluding hydrogens is 304 g/mol. The van der Waals surface area contributed by atoms with Gasteiger partial charge in [-0.05, 0) is 36.2 Å². The lowest BCUT2D eigenvalue weighted by atomic mass is 10.1. The Labute approximate surface area is 142 Å². The van der Waals surface area contributed by atoms with Crippen LogP contribution < -0.4 is 15.4 Å². The second kappa shape index (κ2) is 9.35. The molecule has 0 unspecified atom stereocenters. The van der Waals surface area contributed by atoms with E-state index in [1.54, 1.807) is 12.1 Å². The van der Waals surface area contributed by atoms with Gasteiger partial charge in [0.2, 0.25) is 11.8 Å². The molecule has 2 aromatic rings. The van der Waals surface area contributed by atoms with Gasteiger partial charge in [-0.2, -0.15) is 0 Å². The monoisotopic (exact) mass is 326 g/mol. The maximum absolute atomic E-state index is 11.9. The molecule has 24 heavy (non-hydrogen) atoms. The topological polar surface area (TPSA) is 67.4 Å². The van der Waals surface area contributed by atoms with E-state index in [2.05, 4.69) is 10.6 Å². The van der Waals surface area contributed by atoms with Crippen LogP contribution in [0, 0.1) is 0 Å². The van der Waals surface area contributed by atoms with E-state index in [1.165, 1.54) is 6.92 Å². The van der Waals surface area contributed by atoms with Crippen LogP contribution in [0.5, 0.6) is 5.75 Å². The summed E-state index contributed by atoms with van der Waals surface area (Å²) in [5, 5.41) is 5.57. The number of carbonyl (C=O) groups is 2. The van der Waals surface area contributed by atoms with Gasteiger partial charge in [0, 0.05) is 19.2 Å². The number of anilines is 1. The summed E-state index contributed by atoms with van der Waals surface area (Å²) in [6.45, 7) is 2.61. The van der Waals surface area contributed by atoms with Crippen molar-refractivity contribution in [3.05, 3.63) is 60.2 Å². The summed E-state index contributed by atoms with van der Waals surface area (Å²) in [6, 6.07) is 16.9. The van der Waals surface area contributed by atoms with E-state index in [1.807, 2.05) is 42.5 Å². The molecule has 0 aromatic heterocycles.